The smallest absolute Gasteiger partial charge is 0.323 e. The maximum absolute atomic E-state index is 12.7. The van der Waals surface area contributed by atoms with E-state index in [1.807, 2.05) is 10.7 Å². The van der Waals surface area contributed by atoms with E-state index in [-0.39, 0.29) is 12.1 Å². The van der Waals surface area contributed by atoms with Crippen molar-refractivity contribution in [2.75, 3.05) is 11.9 Å². The van der Waals surface area contributed by atoms with Gasteiger partial charge in [0.05, 0.1) is 23.9 Å². The number of urea groups is 1. The van der Waals surface area contributed by atoms with Crippen molar-refractivity contribution in [3.63, 3.8) is 0 Å². The Bertz CT molecular complexity index is 543. The molecule has 2 heterocycles. The van der Waals surface area contributed by atoms with E-state index >= 15 is 0 Å². The monoisotopic (exact) mass is 320 g/mol. The molecule has 1 saturated heterocycles. The Kier molecular flexibility index (Phi) is 4.62. The van der Waals surface area contributed by atoms with Crippen LogP contribution in [0.3, 0.4) is 0 Å². The molecule has 6 nitrogen and oxygen atoms in total. The van der Waals surface area contributed by atoms with Crippen molar-refractivity contribution in [3.05, 3.63) is 12.3 Å². The van der Waals surface area contributed by atoms with Crippen LogP contribution in [-0.4, -0.2) is 44.0 Å². The molecule has 1 saturated carbocycles. The van der Waals surface area contributed by atoms with Crippen molar-refractivity contribution >= 4 is 11.8 Å². The Hall–Kier alpha value is -1.56. The molecule has 0 aromatic carbocycles. The van der Waals surface area contributed by atoms with E-state index in [2.05, 4.69) is 10.4 Å². The Morgan fingerprint density at radius 3 is 2.70 bits per heavy atom. The lowest BCUT2D eigenvalue weighted by atomic mass is 9.96. The summed E-state index contributed by atoms with van der Waals surface area (Å²) in [5, 5.41) is 17.7. The van der Waals surface area contributed by atoms with Gasteiger partial charge in [-0.15, -0.1) is 0 Å². The van der Waals surface area contributed by atoms with E-state index in [9.17, 15) is 9.90 Å². The molecular weight excluding hydrogens is 292 g/mol. The summed E-state index contributed by atoms with van der Waals surface area (Å²) in [4.78, 5) is 14.4. The number of hydrogen-bond acceptors (Lipinski definition) is 3. The first-order chi connectivity index (χ1) is 11.0. The van der Waals surface area contributed by atoms with Crippen LogP contribution in [0.5, 0.6) is 0 Å². The topological polar surface area (TPSA) is 70.4 Å². The second kappa shape index (κ2) is 6.51. The molecule has 1 aliphatic heterocycles. The first-order valence-electron chi connectivity index (χ1n) is 8.80. The number of carbonyl (C=O) groups excluding carboxylic acids is 1. The van der Waals surface area contributed by atoms with Crippen molar-refractivity contribution in [3.8, 4) is 0 Å². The molecule has 0 bridgehead atoms. The SMILES string of the molecule is CC(C)(O)C1CCCN1C(=O)Nc1ccnn1C1CCCCC1. The number of amides is 2. The van der Waals surface area contributed by atoms with Crippen LogP contribution in [0.4, 0.5) is 10.6 Å². The number of nitrogens with one attached hydrogen (secondary N) is 1. The lowest BCUT2D eigenvalue weighted by molar-refractivity contribution is 0.0117. The molecule has 2 aliphatic rings. The largest absolute Gasteiger partial charge is 0.388 e. The van der Waals surface area contributed by atoms with Gasteiger partial charge in [-0.05, 0) is 39.5 Å². The molecule has 6 heteroatoms. The fourth-order valence-corrected chi connectivity index (χ4v) is 3.96. The Labute approximate surface area is 137 Å². The molecule has 0 spiro atoms. The van der Waals surface area contributed by atoms with Gasteiger partial charge in [0.25, 0.3) is 0 Å². The molecule has 2 fully saturated rings. The molecule has 2 N–H and O–H groups in total. The van der Waals surface area contributed by atoms with Crippen molar-refractivity contribution in [1.82, 2.24) is 14.7 Å². The van der Waals surface area contributed by atoms with E-state index in [4.69, 9.17) is 0 Å². The molecule has 1 aromatic rings. The summed E-state index contributed by atoms with van der Waals surface area (Å²) in [5.41, 5.74) is -0.878. The predicted octanol–water partition coefficient (Wildman–Crippen LogP) is 3.16. The third-order valence-electron chi connectivity index (χ3n) is 5.15. The summed E-state index contributed by atoms with van der Waals surface area (Å²) in [6.07, 6.45) is 9.53. The number of hydrogen-bond donors (Lipinski definition) is 2. The van der Waals surface area contributed by atoms with Crippen LogP contribution in [-0.2, 0) is 0 Å². The number of rotatable bonds is 3. The molecule has 1 unspecified atom stereocenters. The second-order valence-corrected chi connectivity index (χ2v) is 7.39. The standard InChI is InChI=1S/C17H28N4O2/c1-17(2,23)14-9-6-12-20(14)16(22)19-15-10-11-18-21(15)13-7-4-3-5-8-13/h10-11,13-14,23H,3-9,12H2,1-2H3,(H,19,22). The van der Waals surface area contributed by atoms with Crippen molar-refractivity contribution in [1.29, 1.82) is 0 Å². The molecule has 1 atom stereocenters. The van der Waals surface area contributed by atoms with Gasteiger partial charge in [0.2, 0.25) is 0 Å². The van der Waals surface area contributed by atoms with Crippen molar-refractivity contribution in [2.45, 2.75) is 76.5 Å². The quantitative estimate of drug-likeness (QED) is 0.899. The number of nitrogens with zero attached hydrogens (tertiary/aromatic N) is 3. The number of aliphatic hydroxyl groups is 1. The zero-order valence-electron chi connectivity index (χ0n) is 14.2. The van der Waals surface area contributed by atoms with Gasteiger partial charge < -0.3 is 10.0 Å². The van der Waals surface area contributed by atoms with Crippen LogP contribution in [0, 0.1) is 0 Å². The lowest BCUT2D eigenvalue weighted by Gasteiger charge is -2.34. The third kappa shape index (κ3) is 3.52. The highest BCUT2D eigenvalue weighted by Gasteiger charge is 2.38. The highest BCUT2D eigenvalue weighted by atomic mass is 16.3. The van der Waals surface area contributed by atoms with Crippen LogP contribution in [0.15, 0.2) is 12.3 Å². The zero-order chi connectivity index (χ0) is 16.4. The molecular formula is C17H28N4O2. The van der Waals surface area contributed by atoms with Gasteiger partial charge in [0.15, 0.2) is 0 Å². The number of anilines is 1. The Balaban J connectivity index is 1.70. The molecule has 3 rings (SSSR count). The maximum Gasteiger partial charge on any atom is 0.323 e. The van der Waals surface area contributed by atoms with Crippen molar-refractivity contribution in [2.24, 2.45) is 0 Å². The van der Waals surface area contributed by atoms with Crippen molar-refractivity contribution < 1.29 is 9.90 Å². The van der Waals surface area contributed by atoms with Crippen LogP contribution in [0.25, 0.3) is 0 Å². The highest BCUT2D eigenvalue weighted by molar-refractivity contribution is 5.89. The van der Waals surface area contributed by atoms with E-state index in [1.54, 1.807) is 24.9 Å². The number of carbonyl (C=O) groups is 1. The summed E-state index contributed by atoms with van der Waals surface area (Å²) in [7, 11) is 0. The minimum Gasteiger partial charge on any atom is -0.388 e. The van der Waals surface area contributed by atoms with Crippen LogP contribution < -0.4 is 5.32 Å². The van der Waals surface area contributed by atoms with Crippen LogP contribution in [0.2, 0.25) is 0 Å². The van der Waals surface area contributed by atoms with Gasteiger partial charge in [-0.2, -0.15) is 5.10 Å². The molecule has 1 aliphatic carbocycles. The van der Waals surface area contributed by atoms with Gasteiger partial charge in [-0.3, -0.25) is 5.32 Å². The van der Waals surface area contributed by atoms with Gasteiger partial charge in [-0.1, -0.05) is 19.3 Å². The number of likely N-dealkylation sites (tertiary alicyclic amines) is 1. The summed E-state index contributed by atoms with van der Waals surface area (Å²) in [6.45, 7) is 4.24. The first-order valence-corrected chi connectivity index (χ1v) is 8.80. The number of aromatic nitrogens is 2. The zero-order valence-corrected chi connectivity index (χ0v) is 14.2. The Morgan fingerprint density at radius 1 is 1.26 bits per heavy atom. The van der Waals surface area contributed by atoms with E-state index in [0.717, 1.165) is 31.5 Å². The minimum atomic E-state index is -0.878. The minimum absolute atomic E-state index is 0.131. The fraction of sp³-hybridized carbons (Fsp3) is 0.765. The van der Waals surface area contributed by atoms with E-state index in [0.29, 0.717) is 12.6 Å². The second-order valence-electron chi connectivity index (χ2n) is 7.39. The summed E-state index contributed by atoms with van der Waals surface area (Å²) >= 11 is 0. The molecule has 128 valence electrons. The fourth-order valence-electron chi connectivity index (χ4n) is 3.96. The van der Waals surface area contributed by atoms with E-state index < -0.39 is 5.60 Å². The first kappa shape index (κ1) is 16.3. The van der Waals surface area contributed by atoms with Gasteiger partial charge in [0, 0.05) is 12.6 Å². The maximum atomic E-state index is 12.7. The molecule has 0 radical (unpaired) electrons. The Morgan fingerprint density at radius 2 is 2.00 bits per heavy atom. The van der Waals surface area contributed by atoms with E-state index in [1.165, 1.54) is 19.3 Å². The predicted molar refractivity (Wildman–Crippen MR) is 89.4 cm³/mol. The van der Waals surface area contributed by atoms with Gasteiger partial charge in [-0.25, -0.2) is 9.48 Å². The van der Waals surface area contributed by atoms with Crippen LogP contribution in [0.1, 0.15) is 64.8 Å². The lowest BCUT2D eigenvalue weighted by Crippen LogP contribution is -2.49. The highest BCUT2D eigenvalue weighted by Crippen LogP contribution is 2.31. The summed E-state index contributed by atoms with van der Waals surface area (Å²) in [5.74, 6) is 0.767. The molecule has 1 aromatic heterocycles. The molecule has 23 heavy (non-hydrogen) atoms. The average molecular weight is 320 g/mol. The van der Waals surface area contributed by atoms with Gasteiger partial charge in [0.1, 0.15) is 5.82 Å². The summed E-state index contributed by atoms with van der Waals surface area (Å²) in [6, 6.07) is 1.99. The normalized spacial score (nSPS) is 23.3. The molecule has 2 amide bonds. The van der Waals surface area contributed by atoms with Gasteiger partial charge >= 0.3 is 6.03 Å². The summed E-state index contributed by atoms with van der Waals surface area (Å²) < 4.78 is 1.96. The van der Waals surface area contributed by atoms with Crippen LogP contribution >= 0.6 is 0 Å². The third-order valence-corrected chi connectivity index (χ3v) is 5.15. The average Bonchev–Trinajstić information content (AvgIpc) is 3.16.